The van der Waals surface area contributed by atoms with E-state index in [0.717, 1.165) is 28.7 Å². The molecule has 0 N–H and O–H groups in total. The Morgan fingerprint density at radius 2 is 1.88 bits per heavy atom. The summed E-state index contributed by atoms with van der Waals surface area (Å²) in [4.78, 5) is 15.4. The molecule has 2 rings (SSSR count). The van der Waals surface area contributed by atoms with Crippen LogP contribution < -0.4 is 4.74 Å². The predicted octanol–water partition coefficient (Wildman–Crippen LogP) is 5.09. The van der Waals surface area contributed by atoms with Crippen molar-refractivity contribution in [1.82, 2.24) is 4.98 Å². The van der Waals surface area contributed by atoms with E-state index >= 15 is 0 Å². The lowest BCUT2D eigenvalue weighted by Crippen LogP contribution is -2.40. The van der Waals surface area contributed by atoms with E-state index in [-0.39, 0.29) is 5.04 Å². The van der Waals surface area contributed by atoms with E-state index in [0.29, 0.717) is 12.2 Å². The van der Waals surface area contributed by atoms with Gasteiger partial charge in [0, 0.05) is 29.1 Å². The zero-order chi connectivity index (χ0) is 18.7. The van der Waals surface area contributed by atoms with Crippen molar-refractivity contribution < 1.29 is 14.0 Å². The number of aldehydes is 1. The first-order chi connectivity index (χ1) is 11.7. The molecule has 0 radical (unpaired) electrons. The summed E-state index contributed by atoms with van der Waals surface area (Å²) in [5.74, 6) is 0.727. The summed E-state index contributed by atoms with van der Waals surface area (Å²) in [6, 6.07) is 7.36. The lowest BCUT2D eigenvalue weighted by molar-refractivity contribution is 0.112. The van der Waals surface area contributed by atoms with E-state index in [1.54, 1.807) is 19.4 Å². The van der Waals surface area contributed by atoms with Gasteiger partial charge in [0.2, 0.25) is 0 Å². The smallest absolute Gasteiger partial charge is 0.192 e. The summed E-state index contributed by atoms with van der Waals surface area (Å²) in [5.41, 5.74) is 3.47. The van der Waals surface area contributed by atoms with Crippen LogP contribution >= 0.6 is 0 Å². The normalized spacial score (nSPS) is 12.1. The summed E-state index contributed by atoms with van der Waals surface area (Å²) < 4.78 is 11.8. The third kappa shape index (κ3) is 4.35. The molecule has 0 aliphatic carbocycles. The molecule has 0 spiro atoms. The van der Waals surface area contributed by atoms with Crippen LogP contribution in [0.1, 0.15) is 36.7 Å². The van der Waals surface area contributed by atoms with E-state index in [1.807, 2.05) is 24.4 Å². The van der Waals surface area contributed by atoms with Gasteiger partial charge in [-0.3, -0.25) is 9.78 Å². The number of ether oxygens (including phenoxy) is 1. The van der Waals surface area contributed by atoms with Crippen molar-refractivity contribution in [2.24, 2.45) is 0 Å². The number of carbonyl (C=O) groups is 1. The van der Waals surface area contributed by atoms with Gasteiger partial charge >= 0.3 is 0 Å². The molecule has 0 aliphatic heterocycles. The fourth-order valence-corrected chi connectivity index (χ4v) is 3.24. The average molecular weight is 358 g/mol. The van der Waals surface area contributed by atoms with Crippen LogP contribution in [0.5, 0.6) is 5.75 Å². The van der Waals surface area contributed by atoms with Crippen LogP contribution in [0.15, 0.2) is 36.7 Å². The molecule has 25 heavy (non-hydrogen) atoms. The Morgan fingerprint density at radius 3 is 2.48 bits per heavy atom. The molecule has 0 unspecified atom stereocenters. The van der Waals surface area contributed by atoms with Gasteiger partial charge in [-0.25, -0.2) is 0 Å². The van der Waals surface area contributed by atoms with Gasteiger partial charge < -0.3 is 9.16 Å². The summed E-state index contributed by atoms with van der Waals surface area (Å²) in [5, 5.41) is 0.143. The molecule has 134 valence electrons. The Labute approximate surface area is 151 Å². The molecule has 1 aromatic heterocycles. The summed E-state index contributed by atoms with van der Waals surface area (Å²) in [7, 11) is -0.235. The topological polar surface area (TPSA) is 48.4 Å². The molecule has 4 nitrogen and oxygen atoms in total. The molecule has 1 heterocycles. The minimum atomic E-state index is -1.87. The summed E-state index contributed by atoms with van der Waals surface area (Å²) >= 11 is 0. The van der Waals surface area contributed by atoms with Crippen LogP contribution in [-0.2, 0) is 11.0 Å². The molecule has 1 aromatic carbocycles. The third-order valence-electron chi connectivity index (χ3n) is 4.95. The second-order valence-electron chi connectivity index (χ2n) is 7.66. The van der Waals surface area contributed by atoms with Crippen molar-refractivity contribution in [3.63, 3.8) is 0 Å². The number of rotatable bonds is 6. The lowest BCUT2D eigenvalue weighted by Gasteiger charge is -2.36. The van der Waals surface area contributed by atoms with Crippen LogP contribution in [0, 0.1) is 0 Å². The number of carbonyl (C=O) groups excluding carboxylic acids is 1. The van der Waals surface area contributed by atoms with Crippen LogP contribution in [0.25, 0.3) is 11.1 Å². The van der Waals surface area contributed by atoms with Gasteiger partial charge in [-0.1, -0.05) is 20.8 Å². The standard InChI is InChI=1S/C20H27NO3Si/c1-20(2,3)25(5,6)24-14-16-12-21-10-9-17(16)18-11-15(13-22)7-8-19(18)23-4/h7-13H,14H2,1-6H3. The number of hydrogen-bond donors (Lipinski definition) is 0. The Kier molecular flexibility index (Phi) is 5.80. The minimum Gasteiger partial charge on any atom is -0.496 e. The SMILES string of the molecule is COc1ccc(C=O)cc1-c1ccncc1CO[Si](C)(C)C(C)(C)C. The predicted molar refractivity (Wildman–Crippen MR) is 104 cm³/mol. The van der Waals surface area contributed by atoms with Crippen molar-refractivity contribution in [1.29, 1.82) is 0 Å². The van der Waals surface area contributed by atoms with E-state index < -0.39 is 8.32 Å². The fraction of sp³-hybridized carbons (Fsp3) is 0.400. The molecular weight excluding hydrogens is 330 g/mol. The van der Waals surface area contributed by atoms with Crippen molar-refractivity contribution >= 4 is 14.6 Å². The first-order valence-corrected chi connectivity index (χ1v) is 11.3. The van der Waals surface area contributed by atoms with Gasteiger partial charge in [-0.2, -0.15) is 0 Å². The van der Waals surface area contributed by atoms with Crippen LogP contribution in [-0.4, -0.2) is 26.7 Å². The lowest BCUT2D eigenvalue weighted by atomic mass is 9.99. The van der Waals surface area contributed by atoms with E-state index in [9.17, 15) is 4.79 Å². The maximum atomic E-state index is 11.2. The maximum absolute atomic E-state index is 11.2. The van der Waals surface area contributed by atoms with Crippen molar-refractivity contribution in [2.75, 3.05) is 7.11 Å². The summed E-state index contributed by atoms with van der Waals surface area (Å²) in [6.45, 7) is 11.6. The van der Waals surface area contributed by atoms with Crippen LogP contribution in [0.4, 0.5) is 0 Å². The molecule has 0 fully saturated rings. The zero-order valence-electron chi connectivity index (χ0n) is 15.9. The monoisotopic (exact) mass is 357 g/mol. The molecule has 2 aromatic rings. The molecule has 0 bridgehead atoms. The summed E-state index contributed by atoms with van der Waals surface area (Å²) in [6.07, 6.45) is 4.42. The molecule has 0 saturated carbocycles. The van der Waals surface area contributed by atoms with Gasteiger partial charge in [0.25, 0.3) is 0 Å². The maximum Gasteiger partial charge on any atom is 0.192 e. The first-order valence-electron chi connectivity index (χ1n) is 8.40. The van der Waals surface area contributed by atoms with Crippen molar-refractivity contribution in [3.05, 3.63) is 47.8 Å². The highest BCUT2D eigenvalue weighted by Gasteiger charge is 2.37. The second kappa shape index (κ2) is 7.50. The minimum absolute atomic E-state index is 0.143. The van der Waals surface area contributed by atoms with E-state index in [2.05, 4.69) is 38.8 Å². The molecule has 0 amide bonds. The first kappa shape index (κ1) is 19.3. The molecule has 0 saturated heterocycles. The second-order valence-corrected chi connectivity index (χ2v) is 12.5. The van der Waals surface area contributed by atoms with Crippen molar-refractivity contribution in [2.45, 2.75) is 45.5 Å². The number of methoxy groups -OCH3 is 1. The Hall–Kier alpha value is -1.98. The Balaban J connectivity index is 2.41. The fourth-order valence-electron chi connectivity index (χ4n) is 2.29. The Bertz CT molecular complexity index is 751. The van der Waals surface area contributed by atoms with Gasteiger partial charge in [0.15, 0.2) is 8.32 Å². The largest absolute Gasteiger partial charge is 0.496 e. The quantitative estimate of drug-likeness (QED) is 0.533. The van der Waals surface area contributed by atoms with Crippen molar-refractivity contribution in [3.8, 4) is 16.9 Å². The van der Waals surface area contributed by atoms with E-state index in [1.165, 1.54) is 0 Å². The number of aromatic nitrogens is 1. The van der Waals surface area contributed by atoms with Crippen LogP contribution in [0.2, 0.25) is 18.1 Å². The number of nitrogens with zero attached hydrogens (tertiary/aromatic N) is 1. The molecule has 5 heteroatoms. The third-order valence-corrected chi connectivity index (χ3v) is 9.43. The highest BCUT2D eigenvalue weighted by Crippen LogP contribution is 2.38. The molecule has 0 aliphatic rings. The average Bonchev–Trinajstić information content (AvgIpc) is 2.58. The number of pyridine rings is 1. The van der Waals surface area contributed by atoms with Gasteiger partial charge in [0.05, 0.1) is 13.7 Å². The van der Waals surface area contributed by atoms with Gasteiger partial charge in [0.1, 0.15) is 12.0 Å². The number of hydrogen-bond acceptors (Lipinski definition) is 4. The number of benzene rings is 1. The van der Waals surface area contributed by atoms with Crippen LogP contribution in [0.3, 0.4) is 0 Å². The molecule has 0 atom stereocenters. The van der Waals surface area contributed by atoms with E-state index in [4.69, 9.17) is 9.16 Å². The molecular formula is C20H27NO3Si. The highest BCUT2D eigenvalue weighted by atomic mass is 28.4. The Morgan fingerprint density at radius 1 is 1.16 bits per heavy atom. The van der Waals surface area contributed by atoms with Gasteiger partial charge in [-0.15, -0.1) is 0 Å². The zero-order valence-corrected chi connectivity index (χ0v) is 16.9. The van der Waals surface area contributed by atoms with Gasteiger partial charge in [-0.05, 0) is 48.0 Å². The highest BCUT2D eigenvalue weighted by molar-refractivity contribution is 6.74.